The molecule has 110 valence electrons. The van der Waals surface area contributed by atoms with Crippen LogP contribution in [0.25, 0.3) is 0 Å². The highest BCUT2D eigenvalue weighted by Crippen LogP contribution is 2.36. The molecule has 1 saturated heterocycles. The highest BCUT2D eigenvalue weighted by molar-refractivity contribution is 5.21. The quantitative estimate of drug-likeness (QED) is 0.904. The second kappa shape index (κ2) is 5.50. The van der Waals surface area contributed by atoms with Crippen molar-refractivity contribution >= 4 is 0 Å². The third kappa shape index (κ3) is 2.91. The summed E-state index contributed by atoms with van der Waals surface area (Å²) in [6, 6.07) is 9.78. The van der Waals surface area contributed by atoms with Crippen molar-refractivity contribution in [1.29, 1.82) is 0 Å². The van der Waals surface area contributed by atoms with E-state index in [1.807, 2.05) is 0 Å². The molecule has 2 aliphatic rings. The van der Waals surface area contributed by atoms with Gasteiger partial charge in [-0.25, -0.2) is 0 Å². The van der Waals surface area contributed by atoms with Gasteiger partial charge in [-0.1, -0.05) is 36.8 Å². The Morgan fingerprint density at radius 2 is 1.95 bits per heavy atom. The second-order valence-electron chi connectivity index (χ2n) is 7.04. The molecule has 2 heteroatoms. The molecule has 0 aromatic heterocycles. The predicted octanol–water partition coefficient (Wildman–Crippen LogP) is 3.35. The van der Waals surface area contributed by atoms with Crippen LogP contribution in [0.3, 0.4) is 0 Å². The molecule has 1 aromatic rings. The standard InChI is InChI=1S/C18H28N2/c1-4-18(3)13-19-17(16-9-10-16)12-20(18)11-15-7-5-14(2)6-8-15/h5-8,16-17,19H,4,9-13H2,1-3H3. The zero-order valence-corrected chi connectivity index (χ0v) is 13.2. The van der Waals surface area contributed by atoms with Crippen molar-refractivity contribution in [2.75, 3.05) is 13.1 Å². The zero-order chi connectivity index (χ0) is 14.2. The molecule has 0 bridgehead atoms. The Morgan fingerprint density at radius 1 is 1.25 bits per heavy atom. The maximum absolute atomic E-state index is 3.81. The van der Waals surface area contributed by atoms with Crippen LogP contribution in [0.1, 0.15) is 44.2 Å². The Balaban J connectivity index is 1.73. The minimum Gasteiger partial charge on any atom is -0.311 e. The van der Waals surface area contributed by atoms with Crippen LogP contribution in [-0.2, 0) is 6.54 Å². The number of rotatable bonds is 4. The van der Waals surface area contributed by atoms with Gasteiger partial charge in [0.2, 0.25) is 0 Å². The minimum atomic E-state index is 0.302. The van der Waals surface area contributed by atoms with E-state index < -0.39 is 0 Å². The van der Waals surface area contributed by atoms with Crippen molar-refractivity contribution in [3.8, 4) is 0 Å². The fraction of sp³-hybridized carbons (Fsp3) is 0.667. The highest BCUT2D eigenvalue weighted by atomic mass is 15.3. The zero-order valence-electron chi connectivity index (χ0n) is 13.2. The summed E-state index contributed by atoms with van der Waals surface area (Å²) >= 11 is 0. The number of hydrogen-bond donors (Lipinski definition) is 1. The lowest BCUT2D eigenvalue weighted by atomic mass is 9.90. The number of aryl methyl sites for hydroxylation is 1. The topological polar surface area (TPSA) is 15.3 Å². The Labute approximate surface area is 123 Å². The van der Waals surface area contributed by atoms with Crippen molar-refractivity contribution in [3.05, 3.63) is 35.4 Å². The van der Waals surface area contributed by atoms with Crippen molar-refractivity contribution in [3.63, 3.8) is 0 Å². The van der Waals surface area contributed by atoms with E-state index in [1.54, 1.807) is 0 Å². The first-order chi connectivity index (χ1) is 9.60. The molecule has 1 aromatic carbocycles. The average Bonchev–Trinajstić information content (AvgIpc) is 3.28. The van der Waals surface area contributed by atoms with E-state index in [1.165, 1.54) is 36.9 Å². The van der Waals surface area contributed by atoms with Crippen LogP contribution in [0.4, 0.5) is 0 Å². The van der Waals surface area contributed by atoms with Gasteiger partial charge in [-0.15, -0.1) is 0 Å². The van der Waals surface area contributed by atoms with Gasteiger partial charge in [0, 0.05) is 31.2 Å². The monoisotopic (exact) mass is 272 g/mol. The fourth-order valence-corrected chi connectivity index (χ4v) is 3.32. The number of benzene rings is 1. The Morgan fingerprint density at radius 3 is 2.55 bits per heavy atom. The Hall–Kier alpha value is -0.860. The van der Waals surface area contributed by atoms with E-state index in [0.29, 0.717) is 5.54 Å². The molecule has 0 spiro atoms. The molecule has 1 aliphatic heterocycles. The third-order valence-electron chi connectivity index (χ3n) is 5.37. The molecule has 2 nitrogen and oxygen atoms in total. The van der Waals surface area contributed by atoms with Gasteiger partial charge in [0.15, 0.2) is 0 Å². The summed E-state index contributed by atoms with van der Waals surface area (Å²) < 4.78 is 0. The van der Waals surface area contributed by atoms with Crippen molar-refractivity contribution < 1.29 is 0 Å². The summed E-state index contributed by atoms with van der Waals surface area (Å²) in [5, 5.41) is 3.81. The minimum absolute atomic E-state index is 0.302. The van der Waals surface area contributed by atoms with Gasteiger partial charge in [-0.3, -0.25) is 4.90 Å². The van der Waals surface area contributed by atoms with Crippen LogP contribution in [-0.4, -0.2) is 29.6 Å². The lowest BCUT2D eigenvalue weighted by Crippen LogP contribution is -2.63. The summed E-state index contributed by atoms with van der Waals surface area (Å²) in [6.45, 7) is 10.3. The molecule has 1 aliphatic carbocycles. The van der Waals surface area contributed by atoms with Crippen LogP contribution < -0.4 is 5.32 Å². The first kappa shape index (κ1) is 14.1. The van der Waals surface area contributed by atoms with Gasteiger partial charge in [0.25, 0.3) is 0 Å². The molecule has 3 rings (SSSR count). The SMILES string of the molecule is CCC1(C)CNC(C2CC2)CN1Cc1ccc(C)cc1. The van der Waals surface area contributed by atoms with Crippen molar-refractivity contribution in [1.82, 2.24) is 10.2 Å². The van der Waals surface area contributed by atoms with Gasteiger partial charge in [0.1, 0.15) is 0 Å². The number of piperazine rings is 1. The Kier molecular flexibility index (Phi) is 3.87. The fourth-order valence-electron chi connectivity index (χ4n) is 3.32. The maximum atomic E-state index is 3.81. The maximum Gasteiger partial charge on any atom is 0.0307 e. The summed E-state index contributed by atoms with van der Waals surface area (Å²) in [4.78, 5) is 2.72. The van der Waals surface area contributed by atoms with E-state index in [0.717, 1.165) is 25.0 Å². The van der Waals surface area contributed by atoms with Crippen LogP contribution in [0.5, 0.6) is 0 Å². The highest BCUT2D eigenvalue weighted by Gasteiger charge is 2.41. The molecular formula is C18H28N2. The molecule has 2 unspecified atom stereocenters. The van der Waals surface area contributed by atoms with Gasteiger partial charge < -0.3 is 5.32 Å². The largest absolute Gasteiger partial charge is 0.311 e. The van der Waals surface area contributed by atoms with Crippen molar-refractivity contribution in [2.45, 2.75) is 58.2 Å². The molecule has 2 fully saturated rings. The van der Waals surface area contributed by atoms with E-state index >= 15 is 0 Å². The lowest BCUT2D eigenvalue weighted by molar-refractivity contribution is 0.0369. The first-order valence-corrected chi connectivity index (χ1v) is 8.15. The molecule has 1 saturated carbocycles. The Bertz CT molecular complexity index is 449. The molecule has 0 radical (unpaired) electrons. The summed E-state index contributed by atoms with van der Waals surface area (Å²) in [5.41, 5.74) is 3.10. The van der Waals surface area contributed by atoms with Crippen LogP contribution >= 0.6 is 0 Å². The van der Waals surface area contributed by atoms with Gasteiger partial charge in [-0.2, -0.15) is 0 Å². The smallest absolute Gasteiger partial charge is 0.0307 e. The normalized spacial score (nSPS) is 31.4. The number of nitrogens with one attached hydrogen (secondary N) is 1. The molecule has 20 heavy (non-hydrogen) atoms. The van der Waals surface area contributed by atoms with E-state index in [9.17, 15) is 0 Å². The lowest BCUT2D eigenvalue weighted by Gasteiger charge is -2.48. The molecular weight excluding hydrogens is 244 g/mol. The van der Waals surface area contributed by atoms with Crippen molar-refractivity contribution in [2.24, 2.45) is 5.92 Å². The van der Waals surface area contributed by atoms with Gasteiger partial charge in [-0.05, 0) is 44.6 Å². The summed E-state index contributed by atoms with van der Waals surface area (Å²) in [5.74, 6) is 0.942. The third-order valence-corrected chi connectivity index (χ3v) is 5.37. The van der Waals surface area contributed by atoms with E-state index in [4.69, 9.17) is 0 Å². The predicted molar refractivity (Wildman–Crippen MR) is 84.8 cm³/mol. The van der Waals surface area contributed by atoms with Gasteiger partial charge >= 0.3 is 0 Å². The summed E-state index contributed by atoms with van der Waals surface area (Å²) in [6.07, 6.45) is 4.07. The average molecular weight is 272 g/mol. The molecule has 2 atom stereocenters. The van der Waals surface area contributed by atoms with Gasteiger partial charge in [0.05, 0.1) is 0 Å². The van der Waals surface area contributed by atoms with Crippen LogP contribution in [0.15, 0.2) is 24.3 Å². The van der Waals surface area contributed by atoms with E-state index in [-0.39, 0.29) is 0 Å². The number of nitrogens with zero attached hydrogens (tertiary/aromatic N) is 1. The molecule has 1 N–H and O–H groups in total. The second-order valence-corrected chi connectivity index (χ2v) is 7.04. The molecule has 1 heterocycles. The summed E-state index contributed by atoms with van der Waals surface area (Å²) in [7, 11) is 0. The van der Waals surface area contributed by atoms with Crippen LogP contribution in [0, 0.1) is 12.8 Å². The van der Waals surface area contributed by atoms with E-state index in [2.05, 4.69) is 55.3 Å². The van der Waals surface area contributed by atoms with Crippen LogP contribution in [0.2, 0.25) is 0 Å². The molecule has 0 amide bonds. The number of hydrogen-bond acceptors (Lipinski definition) is 2. The first-order valence-electron chi connectivity index (χ1n) is 8.15.